The molecule has 6 aliphatic carbocycles. The standard InChI is InChI=1S/2C29H35.C2H7Si.2ClH.Zr/c2*1-21-12-17-27(26-15-13-25(14-16-26)24-10-6-3-7-11-24)29-20-23(19-28(21)29)18-22-8-4-2-5-9-22;1-3-2;;;/h2*12-17,19-20,22,24H,2-11,18H2,1H3;3H,1-2H3;2*1H;/q;;;;;+2/p-2. The molecular weight excluding hydrogens is 911 g/mol. The summed E-state index contributed by atoms with van der Waals surface area (Å²) in [4.78, 5) is 0. The summed E-state index contributed by atoms with van der Waals surface area (Å²) in [6, 6.07) is 29.4. The molecule has 4 aromatic carbocycles. The van der Waals surface area contributed by atoms with Gasteiger partial charge in [0.05, 0.1) is 0 Å². The first-order valence-electron chi connectivity index (χ1n) is 26.5. The molecule has 4 heteroatoms. The van der Waals surface area contributed by atoms with Gasteiger partial charge in [0.15, 0.2) is 0 Å². The number of aryl methyl sites for hydroxylation is 2. The zero-order valence-electron chi connectivity index (χ0n) is 39.9. The van der Waals surface area contributed by atoms with E-state index >= 15 is 0 Å². The van der Waals surface area contributed by atoms with Crippen LogP contribution in [0.25, 0.3) is 34.4 Å². The van der Waals surface area contributed by atoms with Crippen molar-refractivity contribution in [1.82, 2.24) is 0 Å². The monoisotopic (exact) mass is 985 g/mol. The normalized spacial score (nSPS) is 23.4. The fraction of sp³-hybridized carbons (Fsp3) is 0.533. The van der Waals surface area contributed by atoms with E-state index in [4.69, 9.17) is 0 Å². The summed E-state index contributed by atoms with van der Waals surface area (Å²) < 4.78 is 0.275. The third kappa shape index (κ3) is 8.60. The van der Waals surface area contributed by atoms with E-state index in [-0.39, 0.29) is 7.25 Å². The molecule has 0 saturated heterocycles. The number of halogens is 2. The average molecular weight is 988 g/mol. The molecule has 4 fully saturated rings. The molecule has 0 aromatic heterocycles. The number of hydrogen-bond acceptors (Lipinski definition) is 0. The Balaban J connectivity index is 1.13. The van der Waals surface area contributed by atoms with E-state index in [1.54, 1.807) is 11.1 Å². The van der Waals surface area contributed by atoms with Crippen LogP contribution >= 0.6 is 17.0 Å². The summed E-state index contributed by atoms with van der Waals surface area (Å²) in [6.45, 7) is 9.96. The Morgan fingerprint density at radius 3 is 1.14 bits per heavy atom. The SMILES string of the molecule is Cc1ccc(-c2ccc(C3CCCCC3)cc2)c2c1[CH]([Zr]([Cl])([Cl])([CH]1C(CC3CCCCC3)=Cc3c(-c4ccc(C5CCCCC5)cc4)ccc(C)c31)[SiH](C)C)C(CC1CCCCC1)=C2. The van der Waals surface area contributed by atoms with Crippen LogP contribution in [0.15, 0.2) is 83.9 Å². The van der Waals surface area contributed by atoms with Crippen LogP contribution < -0.4 is 0 Å². The predicted molar refractivity (Wildman–Crippen MR) is 279 cm³/mol. The molecule has 0 amide bonds. The van der Waals surface area contributed by atoms with Crippen LogP contribution in [0, 0.1) is 25.7 Å². The van der Waals surface area contributed by atoms with Crippen molar-refractivity contribution < 1.29 is 15.6 Å². The summed E-state index contributed by atoms with van der Waals surface area (Å²) in [5.41, 5.74) is 20.4. The Hall–Kier alpha value is -1.96. The Kier molecular flexibility index (Phi) is 13.7. The van der Waals surface area contributed by atoms with Gasteiger partial charge in [-0.15, -0.1) is 0 Å². The first-order chi connectivity index (χ1) is 31.1. The van der Waals surface area contributed by atoms with Crippen LogP contribution in [0.4, 0.5) is 0 Å². The van der Waals surface area contributed by atoms with Gasteiger partial charge in [0.25, 0.3) is 0 Å². The fourth-order valence-corrected chi connectivity index (χ4v) is 46.1. The second kappa shape index (κ2) is 19.2. The summed E-state index contributed by atoms with van der Waals surface area (Å²) in [7, 11) is 18.7. The molecule has 0 aliphatic heterocycles. The number of fused-ring (bicyclic) bond motifs is 2. The molecule has 0 N–H and O–H groups in total. The summed E-state index contributed by atoms with van der Waals surface area (Å²) in [6.07, 6.45) is 34.9. The summed E-state index contributed by atoms with van der Waals surface area (Å²) in [5, 5.41) is 0. The van der Waals surface area contributed by atoms with Crippen LogP contribution in [-0.4, -0.2) is 5.92 Å². The average Bonchev–Trinajstić information content (AvgIpc) is 3.92. The second-order valence-corrected chi connectivity index (χ2v) is 65.0. The van der Waals surface area contributed by atoms with E-state index < -0.39 is 21.5 Å². The van der Waals surface area contributed by atoms with Gasteiger partial charge in [0.1, 0.15) is 0 Å². The molecule has 10 rings (SSSR count). The van der Waals surface area contributed by atoms with Crippen molar-refractivity contribution in [2.75, 3.05) is 0 Å². The molecule has 64 heavy (non-hydrogen) atoms. The van der Waals surface area contributed by atoms with Crippen molar-refractivity contribution in [1.29, 1.82) is 0 Å². The Bertz CT molecular complexity index is 2200. The maximum absolute atomic E-state index is 9.33. The number of rotatable bonds is 11. The van der Waals surface area contributed by atoms with Crippen molar-refractivity contribution in [2.24, 2.45) is 11.8 Å². The quantitative estimate of drug-likeness (QED) is 0.131. The van der Waals surface area contributed by atoms with E-state index in [9.17, 15) is 17.0 Å². The van der Waals surface area contributed by atoms with Gasteiger partial charge < -0.3 is 0 Å². The van der Waals surface area contributed by atoms with E-state index in [1.165, 1.54) is 195 Å². The molecule has 0 spiro atoms. The first-order valence-corrected chi connectivity index (χ1v) is 42.9. The molecule has 0 radical (unpaired) electrons. The van der Waals surface area contributed by atoms with Gasteiger partial charge in [-0.3, -0.25) is 0 Å². The van der Waals surface area contributed by atoms with Crippen LogP contribution in [-0.2, 0) is 15.6 Å². The van der Waals surface area contributed by atoms with Crippen LogP contribution in [0.1, 0.15) is 205 Å². The molecule has 2 atom stereocenters. The Labute approximate surface area is 397 Å². The molecule has 0 bridgehead atoms. The third-order valence-electron chi connectivity index (χ3n) is 18.3. The van der Waals surface area contributed by atoms with Gasteiger partial charge in [-0.2, -0.15) is 0 Å². The van der Waals surface area contributed by atoms with Gasteiger partial charge in [-0.25, -0.2) is 0 Å². The molecule has 6 aliphatic rings. The van der Waals surface area contributed by atoms with Crippen LogP contribution in [0.5, 0.6) is 0 Å². The molecule has 4 aromatic rings. The third-order valence-corrected chi connectivity index (χ3v) is 70.0. The second-order valence-electron chi connectivity index (χ2n) is 22.5. The van der Waals surface area contributed by atoms with Crippen molar-refractivity contribution in [3.05, 3.63) is 128 Å². The zero-order valence-corrected chi connectivity index (χ0v) is 45.1. The maximum atomic E-state index is 9.33. The van der Waals surface area contributed by atoms with Gasteiger partial charge in [0.2, 0.25) is 0 Å². The molecule has 0 heterocycles. The number of allylic oxidation sites excluding steroid dienone is 2. The van der Waals surface area contributed by atoms with Crippen molar-refractivity contribution in [2.45, 2.75) is 187 Å². The summed E-state index contributed by atoms with van der Waals surface area (Å²) in [5.74, 6) is 1.12. The summed E-state index contributed by atoms with van der Waals surface area (Å²) >= 11 is -5.10. The first kappa shape index (κ1) is 45.8. The molecule has 2 unspecified atom stereocenters. The van der Waals surface area contributed by atoms with E-state index in [1.807, 2.05) is 0 Å². The van der Waals surface area contributed by atoms with E-state index in [0.29, 0.717) is 11.8 Å². The predicted octanol–water partition coefficient (Wildman–Crippen LogP) is 19.2. The fourth-order valence-electron chi connectivity index (χ4n) is 14.6. The van der Waals surface area contributed by atoms with Gasteiger partial charge >= 0.3 is 400 Å². The topological polar surface area (TPSA) is 0 Å². The molecule has 0 nitrogen and oxygen atoms in total. The Morgan fingerprint density at radius 1 is 0.453 bits per heavy atom. The Morgan fingerprint density at radius 2 is 0.797 bits per heavy atom. The molecule has 4 saturated carbocycles. The number of benzene rings is 4. The van der Waals surface area contributed by atoms with E-state index in [2.05, 4.69) is 112 Å². The van der Waals surface area contributed by atoms with Crippen LogP contribution in [0.3, 0.4) is 0 Å². The van der Waals surface area contributed by atoms with Gasteiger partial charge in [-0.1, -0.05) is 0 Å². The minimum absolute atomic E-state index is 0.137. The van der Waals surface area contributed by atoms with Crippen LogP contribution in [0.2, 0.25) is 13.1 Å². The minimum atomic E-state index is -5.10. The van der Waals surface area contributed by atoms with Gasteiger partial charge in [-0.05, 0) is 0 Å². The van der Waals surface area contributed by atoms with Crippen molar-refractivity contribution in [3.63, 3.8) is 0 Å². The van der Waals surface area contributed by atoms with Crippen molar-refractivity contribution in [3.8, 4) is 22.3 Å². The van der Waals surface area contributed by atoms with Gasteiger partial charge in [0, 0.05) is 0 Å². The molecule has 339 valence electrons. The number of hydrogen-bond donors (Lipinski definition) is 0. The van der Waals surface area contributed by atoms with Crippen molar-refractivity contribution >= 4 is 35.1 Å². The molecular formula is C60H77Cl2SiZr. The van der Waals surface area contributed by atoms with E-state index in [0.717, 1.165) is 24.7 Å². The zero-order chi connectivity index (χ0) is 44.0.